The Kier molecular flexibility index (Phi) is 12.9. The summed E-state index contributed by atoms with van der Waals surface area (Å²) >= 11 is 0. The van der Waals surface area contributed by atoms with Crippen LogP contribution in [-0.2, 0) is 17.4 Å². The zero-order valence-electron chi connectivity index (χ0n) is 26.2. The monoisotopic (exact) mass is 707 g/mol. The normalized spacial score (nSPS) is 10.7. The number of hydrogen-bond acceptors (Lipinski definition) is 12. The topological polar surface area (TPSA) is 234 Å². The molecule has 0 aliphatic rings. The third-order valence-corrected chi connectivity index (χ3v) is 6.79. The van der Waals surface area contributed by atoms with E-state index in [1.54, 1.807) is 43.3 Å². The average Bonchev–Trinajstić information content (AvgIpc) is 3.37. The summed E-state index contributed by atoms with van der Waals surface area (Å²) in [5, 5.41) is 70.9. The minimum absolute atomic E-state index is 0. The molecule has 0 saturated heterocycles. The number of benzene rings is 5. The number of aromatic amines is 1. The number of azo groups is 2. The Hall–Kier alpha value is -6.10. The molecule has 16 nitrogen and oxygen atoms in total. The second-order valence-corrected chi connectivity index (χ2v) is 9.98. The number of aromatic nitrogens is 2. The van der Waals surface area contributed by atoms with Gasteiger partial charge in [0, 0.05) is 40.9 Å². The average molecular weight is 708 g/mol. The predicted molar refractivity (Wildman–Crippen MR) is 175 cm³/mol. The van der Waals surface area contributed by atoms with E-state index in [0.717, 1.165) is 29.7 Å². The van der Waals surface area contributed by atoms with Crippen LogP contribution in [0.15, 0.2) is 128 Å². The number of non-ortho nitro benzene ring substituents is 2. The number of aryl methyl sites for hydroxylation is 1. The molecule has 0 saturated carbocycles. The molecule has 0 fully saturated rings. The van der Waals surface area contributed by atoms with Crippen molar-refractivity contribution in [2.24, 2.45) is 20.5 Å². The summed E-state index contributed by atoms with van der Waals surface area (Å²) in [6, 6.07) is 26.4. The number of nitro groups is 2. The second-order valence-electron chi connectivity index (χ2n) is 9.98. The summed E-state index contributed by atoms with van der Waals surface area (Å²) in [5.74, 6) is -0.678. The molecular weight excluding hydrogens is 683 g/mol. The SMILES string of the molecule is Cc1[nH]n(-c2ccccc2)c(=O)c1N=Nc1cc([N+](=O)[O-])ccc1O.O=[N+]([O-])c1ccc(N=Nc2c(O)ccc3ccccc23)c(O)c1.[Cr].[Li+]. The van der Waals surface area contributed by atoms with Crippen molar-refractivity contribution in [3.63, 3.8) is 0 Å². The molecule has 0 bridgehead atoms. The van der Waals surface area contributed by atoms with E-state index in [9.17, 15) is 40.3 Å². The van der Waals surface area contributed by atoms with Crippen LogP contribution in [0.3, 0.4) is 0 Å². The molecule has 0 amide bonds. The summed E-state index contributed by atoms with van der Waals surface area (Å²) < 4.78 is 1.32. The first-order valence-electron chi connectivity index (χ1n) is 13.9. The van der Waals surface area contributed by atoms with Gasteiger partial charge in [-0.25, -0.2) is 4.68 Å². The molecule has 4 N–H and O–H groups in total. The number of hydrogen-bond donors (Lipinski definition) is 4. The molecule has 1 heterocycles. The summed E-state index contributed by atoms with van der Waals surface area (Å²) in [5.41, 5.74) is 0.503. The summed E-state index contributed by atoms with van der Waals surface area (Å²) in [7, 11) is 0. The van der Waals surface area contributed by atoms with E-state index in [4.69, 9.17) is 0 Å². The van der Waals surface area contributed by atoms with Crippen LogP contribution >= 0.6 is 0 Å². The second kappa shape index (κ2) is 16.8. The molecule has 0 aliphatic carbocycles. The predicted octanol–water partition coefficient (Wildman–Crippen LogP) is 5.08. The van der Waals surface area contributed by atoms with Gasteiger partial charge in [-0.05, 0) is 42.6 Å². The number of phenols is 3. The largest absolute Gasteiger partial charge is 1.00 e. The van der Waals surface area contributed by atoms with Gasteiger partial charge in [0.1, 0.15) is 34.3 Å². The number of para-hydroxylation sites is 1. The maximum atomic E-state index is 12.5. The quantitative estimate of drug-likeness (QED) is 0.0754. The van der Waals surface area contributed by atoms with Crippen molar-refractivity contribution in [3.8, 4) is 22.9 Å². The summed E-state index contributed by atoms with van der Waals surface area (Å²) in [6.45, 7) is 1.66. The van der Waals surface area contributed by atoms with Gasteiger partial charge in [0.05, 0.1) is 27.3 Å². The van der Waals surface area contributed by atoms with Crippen LogP contribution in [0.1, 0.15) is 5.69 Å². The number of phenolic OH excluding ortho intramolecular Hbond substituents is 3. The minimum atomic E-state index is -0.614. The first-order chi connectivity index (χ1) is 23.0. The van der Waals surface area contributed by atoms with E-state index in [-0.39, 0.29) is 87.6 Å². The van der Waals surface area contributed by atoms with Crippen LogP contribution in [0.2, 0.25) is 0 Å². The van der Waals surface area contributed by atoms with Gasteiger partial charge in [-0.2, -0.15) is 0 Å². The molecule has 18 heteroatoms. The first kappa shape index (κ1) is 38.3. The zero-order valence-corrected chi connectivity index (χ0v) is 27.5. The molecule has 0 spiro atoms. The van der Waals surface area contributed by atoms with Crippen LogP contribution in [0.4, 0.5) is 34.1 Å². The Balaban J connectivity index is 0.000000261. The van der Waals surface area contributed by atoms with Crippen molar-refractivity contribution < 1.29 is 61.4 Å². The van der Waals surface area contributed by atoms with E-state index in [2.05, 4.69) is 25.6 Å². The maximum Gasteiger partial charge on any atom is 1.00 e. The fraction of sp³-hybridized carbons (Fsp3) is 0.0312. The Morgan fingerprint density at radius 1 is 0.660 bits per heavy atom. The fourth-order valence-corrected chi connectivity index (χ4v) is 4.39. The molecule has 0 unspecified atom stereocenters. The van der Waals surface area contributed by atoms with Gasteiger partial charge in [0.15, 0.2) is 5.69 Å². The third-order valence-electron chi connectivity index (χ3n) is 6.79. The van der Waals surface area contributed by atoms with E-state index in [1.165, 1.54) is 22.9 Å². The summed E-state index contributed by atoms with van der Waals surface area (Å²) in [6.07, 6.45) is 0. The van der Waals surface area contributed by atoms with Crippen LogP contribution in [-0.4, -0.2) is 34.9 Å². The van der Waals surface area contributed by atoms with E-state index >= 15 is 0 Å². The standard InChI is InChI=1S/C16H13N5O4.C16H11N3O4.Cr.Li/c1-10-15(16(23)20(19-10)11-5-3-2-4-6-11)18-17-13-9-12(21(24)25)7-8-14(13)22;20-14-8-5-10-3-1-2-4-12(10)16(14)18-17-13-7-6-11(19(22)23)9-15(13)21;;/h2-9,19,22H,1H3;1-9,20-21H;;/q;;;+1. The van der Waals surface area contributed by atoms with Crippen molar-refractivity contribution in [2.45, 2.75) is 6.92 Å². The number of nitrogens with zero attached hydrogens (tertiary/aromatic N) is 7. The first-order valence-corrected chi connectivity index (χ1v) is 13.9. The van der Waals surface area contributed by atoms with Gasteiger partial charge in [-0.1, -0.05) is 48.5 Å². The van der Waals surface area contributed by atoms with Gasteiger partial charge < -0.3 is 15.3 Å². The van der Waals surface area contributed by atoms with Gasteiger partial charge in [0.2, 0.25) is 0 Å². The summed E-state index contributed by atoms with van der Waals surface area (Å²) in [4.78, 5) is 32.7. The fourth-order valence-electron chi connectivity index (χ4n) is 4.39. The van der Waals surface area contributed by atoms with Crippen molar-refractivity contribution in [1.82, 2.24) is 9.78 Å². The van der Waals surface area contributed by atoms with Crippen LogP contribution < -0.4 is 24.4 Å². The third kappa shape index (κ3) is 8.67. The van der Waals surface area contributed by atoms with E-state index in [0.29, 0.717) is 16.8 Å². The molecule has 6 aromatic rings. The minimum Gasteiger partial charge on any atom is -0.506 e. The smallest absolute Gasteiger partial charge is 0.506 e. The molecule has 0 atom stereocenters. The van der Waals surface area contributed by atoms with Crippen LogP contribution in [0.25, 0.3) is 16.5 Å². The molecule has 0 radical (unpaired) electrons. The molecular formula is C32H24CrLiN8O8+. The Labute approximate surface area is 304 Å². The molecule has 5 aromatic carbocycles. The Morgan fingerprint density at radius 2 is 1.24 bits per heavy atom. The number of H-pyrrole nitrogens is 1. The van der Waals surface area contributed by atoms with Crippen LogP contribution in [0.5, 0.6) is 17.2 Å². The molecule has 50 heavy (non-hydrogen) atoms. The Morgan fingerprint density at radius 3 is 1.92 bits per heavy atom. The number of aromatic hydroxyl groups is 3. The number of fused-ring (bicyclic) bond motifs is 1. The van der Waals surface area contributed by atoms with Gasteiger partial charge in [0.25, 0.3) is 16.9 Å². The van der Waals surface area contributed by atoms with Crippen molar-refractivity contribution in [2.75, 3.05) is 0 Å². The van der Waals surface area contributed by atoms with Gasteiger partial charge in [-0.3, -0.25) is 30.1 Å². The van der Waals surface area contributed by atoms with E-state index in [1.807, 2.05) is 24.3 Å². The molecule has 246 valence electrons. The van der Waals surface area contributed by atoms with Gasteiger partial charge >= 0.3 is 18.9 Å². The number of nitrogens with one attached hydrogen (secondary N) is 1. The van der Waals surface area contributed by atoms with Crippen molar-refractivity contribution >= 4 is 44.9 Å². The van der Waals surface area contributed by atoms with Crippen molar-refractivity contribution in [1.29, 1.82) is 0 Å². The Bertz CT molecular complexity index is 2290. The molecule has 1 aromatic heterocycles. The van der Waals surface area contributed by atoms with E-state index < -0.39 is 15.4 Å². The maximum absolute atomic E-state index is 12.5. The van der Waals surface area contributed by atoms with Crippen LogP contribution in [0, 0.1) is 27.2 Å². The molecule has 0 aliphatic heterocycles. The number of nitro benzene ring substituents is 2. The molecule has 6 rings (SSSR count). The number of rotatable bonds is 7. The van der Waals surface area contributed by atoms with Gasteiger partial charge in [-0.15, -0.1) is 20.5 Å². The zero-order chi connectivity index (χ0) is 34.4. The van der Waals surface area contributed by atoms with Crippen molar-refractivity contribution in [3.05, 3.63) is 139 Å².